The monoisotopic (exact) mass is 373 g/mol. The minimum absolute atomic E-state index is 0.0892. The van der Waals surface area contributed by atoms with Crippen molar-refractivity contribution in [2.45, 2.75) is 12.1 Å². The van der Waals surface area contributed by atoms with Gasteiger partial charge in [0.05, 0.1) is 0 Å². The first-order valence-electron chi connectivity index (χ1n) is 6.11. The number of carbonyl (C=O) groups excluding carboxylic acids is 2. The summed E-state index contributed by atoms with van der Waals surface area (Å²) in [5.41, 5.74) is 5.31. The van der Waals surface area contributed by atoms with Crippen LogP contribution in [0.5, 0.6) is 0 Å². The third-order valence-corrected chi connectivity index (χ3v) is 4.50. The Morgan fingerprint density at radius 1 is 1.67 bits per heavy atom. The van der Waals surface area contributed by atoms with Crippen LogP contribution in [-0.2, 0) is 24.7 Å². The van der Waals surface area contributed by atoms with E-state index < -0.39 is 34.2 Å². The summed E-state index contributed by atoms with van der Waals surface area (Å²) in [5.74, 6) is 0.0461. The Morgan fingerprint density at radius 2 is 2.33 bits per heavy atom. The van der Waals surface area contributed by atoms with Crippen molar-refractivity contribution < 1.29 is 27.4 Å². The Hall–Kier alpha value is -2.69. The summed E-state index contributed by atoms with van der Waals surface area (Å²) in [4.78, 5) is 32.5. The van der Waals surface area contributed by atoms with Crippen LogP contribution in [0, 0.1) is 12.3 Å². The minimum atomic E-state index is -4.82. The van der Waals surface area contributed by atoms with Crippen molar-refractivity contribution >= 4 is 44.3 Å². The fourth-order valence-electron chi connectivity index (χ4n) is 1.93. The molecule has 0 saturated carbocycles. The lowest BCUT2D eigenvalue weighted by Gasteiger charge is -2.41. The molecule has 1 aromatic heterocycles. The molecule has 0 spiro atoms. The smallest absolute Gasteiger partial charge is 0.363 e. The zero-order chi connectivity index (χ0) is 18.1. The highest BCUT2D eigenvalue weighted by Crippen LogP contribution is 2.23. The van der Waals surface area contributed by atoms with E-state index in [0.29, 0.717) is 0 Å². The SMILES string of the molecule is C#C[C@H]1[C@H](NC(=O)C(=NOC)c2csc(N)n2)C(=O)N1S(=O)(=O)O. The standard InChI is InChI=1S/C11H11N5O6S2/c1-3-6-8(10(18)16(6)24(19,20)21)14-9(17)7(15-22-2)5-4-23-11(12)13-5/h1,4,6,8H,2H3,(H2,12,13)(H,14,17)(H,19,20,21)/t6-,8-/m0/s1. The summed E-state index contributed by atoms with van der Waals surface area (Å²) in [6.45, 7) is 0. The van der Waals surface area contributed by atoms with Gasteiger partial charge in [-0.1, -0.05) is 11.1 Å². The Bertz CT molecular complexity index is 855. The molecule has 0 unspecified atom stereocenters. The highest BCUT2D eigenvalue weighted by Gasteiger charge is 2.53. The van der Waals surface area contributed by atoms with Crippen LogP contribution in [0.15, 0.2) is 10.5 Å². The molecule has 1 aromatic rings. The van der Waals surface area contributed by atoms with Crippen LogP contribution < -0.4 is 11.1 Å². The van der Waals surface area contributed by atoms with E-state index in [1.165, 1.54) is 12.5 Å². The van der Waals surface area contributed by atoms with Crippen LogP contribution in [0.4, 0.5) is 5.13 Å². The van der Waals surface area contributed by atoms with Crippen molar-refractivity contribution in [3.05, 3.63) is 11.1 Å². The molecule has 1 saturated heterocycles. The van der Waals surface area contributed by atoms with Crippen LogP contribution >= 0.6 is 11.3 Å². The van der Waals surface area contributed by atoms with Crippen molar-refractivity contribution in [1.82, 2.24) is 14.6 Å². The van der Waals surface area contributed by atoms with Gasteiger partial charge in [0.15, 0.2) is 10.8 Å². The van der Waals surface area contributed by atoms with Gasteiger partial charge in [-0.05, 0) is 0 Å². The van der Waals surface area contributed by atoms with E-state index in [2.05, 4.69) is 20.3 Å². The second-order valence-corrected chi connectivity index (χ2v) is 6.55. The molecule has 0 aromatic carbocycles. The molecule has 4 N–H and O–H groups in total. The summed E-state index contributed by atoms with van der Waals surface area (Å²) in [6, 6.07) is -2.71. The van der Waals surface area contributed by atoms with Gasteiger partial charge in [0.1, 0.15) is 24.9 Å². The van der Waals surface area contributed by atoms with Gasteiger partial charge >= 0.3 is 10.3 Å². The van der Waals surface area contributed by atoms with Crippen molar-refractivity contribution in [2.24, 2.45) is 5.16 Å². The largest absolute Gasteiger partial charge is 0.398 e. The molecule has 2 heterocycles. The lowest BCUT2D eigenvalue weighted by molar-refractivity contribution is -0.142. The molecule has 24 heavy (non-hydrogen) atoms. The number of amides is 2. The van der Waals surface area contributed by atoms with Crippen molar-refractivity contribution in [2.75, 3.05) is 12.8 Å². The number of terminal acetylenes is 1. The number of aromatic nitrogens is 1. The average Bonchev–Trinajstić information content (AvgIpc) is 2.91. The zero-order valence-corrected chi connectivity index (χ0v) is 13.7. The third kappa shape index (κ3) is 3.15. The number of rotatable bonds is 5. The van der Waals surface area contributed by atoms with E-state index in [-0.39, 0.29) is 20.8 Å². The number of thiazole rings is 1. The molecule has 13 heteroatoms. The molecular weight excluding hydrogens is 362 g/mol. The van der Waals surface area contributed by atoms with Gasteiger partial charge in [0.2, 0.25) is 0 Å². The first-order chi connectivity index (χ1) is 11.2. The number of nitrogens with two attached hydrogens (primary N) is 1. The van der Waals surface area contributed by atoms with Crippen molar-refractivity contribution in [3.8, 4) is 12.3 Å². The summed E-state index contributed by atoms with van der Waals surface area (Å²) < 4.78 is 31.2. The Labute approximate surface area is 140 Å². The predicted octanol–water partition coefficient (Wildman–Crippen LogP) is -1.79. The lowest BCUT2D eigenvalue weighted by Crippen LogP contribution is -2.71. The quantitative estimate of drug-likeness (QED) is 0.179. The first kappa shape index (κ1) is 17.7. The number of hydrogen-bond acceptors (Lipinski definition) is 9. The van der Waals surface area contributed by atoms with Crippen LogP contribution in [0.3, 0.4) is 0 Å². The van der Waals surface area contributed by atoms with Gasteiger partial charge in [-0.2, -0.15) is 12.7 Å². The summed E-state index contributed by atoms with van der Waals surface area (Å²) in [7, 11) is -3.62. The fraction of sp³-hybridized carbons (Fsp3) is 0.273. The van der Waals surface area contributed by atoms with E-state index in [9.17, 15) is 18.0 Å². The molecule has 2 rings (SSSR count). The molecule has 1 aliphatic heterocycles. The Kier molecular flexibility index (Phi) is 4.73. The number of nitrogens with zero attached hydrogens (tertiary/aromatic N) is 3. The van der Waals surface area contributed by atoms with E-state index >= 15 is 0 Å². The molecule has 2 atom stereocenters. The Balaban J connectivity index is 2.21. The number of β-lactam (4-membered cyclic amide) rings is 1. The maximum absolute atomic E-state index is 12.3. The number of anilines is 1. The normalized spacial score (nSPS) is 21.0. The molecule has 128 valence electrons. The molecule has 1 fully saturated rings. The summed E-state index contributed by atoms with van der Waals surface area (Å²) in [5, 5.41) is 7.36. The molecule has 0 bridgehead atoms. The number of hydrogen-bond donors (Lipinski definition) is 3. The van der Waals surface area contributed by atoms with Crippen LogP contribution in [-0.4, -0.2) is 59.0 Å². The van der Waals surface area contributed by atoms with Gasteiger partial charge in [0.25, 0.3) is 11.8 Å². The second kappa shape index (κ2) is 6.43. The molecule has 0 aliphatic carbocycles. The molecule has 1 aliphatic rings. The van der Waals surface area contributed by atoms with Crippen LogP contribution in [0.1, 0.15) is 5.69 Å². The van der Waals surface area contributed by atoms with Crippen molar-refractivity contribution in [3.63, 3.8) is 0 Å². The summed E-state index contributed by atoms with van der Waals surface area (Å²) >= 11 is 1.05. The number of nitrogens with one attached hydrogen (secondary N) is 1. The third-order valence-electron chi connectivity index (χ3n) is 2.92. The number of carbonyl (C=O) groups is 2. The second-order valence-electron chi connectivity index (χ2n) is 4.37. The molecular formula is C11H11N5O6S2. The van der Waals surface area contributed by atoms with Crippen LogP contribution in [0.25, 0.3) is 0 Å². The van der Waals surface area contributed by atoms with Crippen molar-refractivity contribution in [1.29, 1.82) is 0 Å². The van der Waals surface area contributed by atoms with E-state index in [1.54, 1.807) is 0 Å². The van der Waals surface area contributed by atoms with Gasteiger partial charge < -0.3 is 15.9 Å². The van der Waals surface area contributed by atoms with E-state index in [4.69, 9.17) is 16.7 Å². The Morgan fingerprint density at radius 3 is 2.79 bits per heavy atom. The molecule has 11 nitrogen and oxygen atoms in total. The number of oxime groups is 1. The van der Waals surface area contributed by atoms with Gasteiger partial charge in [-0.15, -0.1) is 17.8 Å². The molecule has 0 radical (unpaired) electrons. The van der Waals surface area contributed by atoms with Gasteiger partial charge in [-0.3, -0.25) is 14.1 Å². The number of nitrogen functional groups attached to an aromatic ring is 1. The highest BCUT2D eigenvalue weighted by molar-refractivity contribution is 7.84. The average molecular weight is 373 g/mol. The van der Waals surface area contributed by atoms with E-state index in [1.807, 2.05) is 5.92 Å². The predicted molar refractivity (Wildman–Crippen MR) is 83.0 cm³/mol. The highest BCUT2D eigenvalue weighted by atomic mass is 32.2. The van der Waals surface area contributed by atoms with Gasteiger partial charge in [-0.25, -0.2) is 4.98 Å². The minimum Gasteiger partial charge on any atom is -0.398 e. The zero-order valence-electron chi connectivity index (χ0n) is 12.0. The topological polar surface area (TPSA) is 164 Å². The van der Waals surface area contributed by atoms with E-state index in [0.717, 1.165) is 11.3 Å². The fourth-order valence-corrected chi connectivity index (χ4v) is 3.28. The maximum Gasteiger partial charge on any atom is 0.363 e. The first-order valence-corrected chi connectivity index (χ1v) is 8.38. The van der Waals surface area contributed by atoms with Crippen LogP contribution in [0.2, 0.25) is 0 Å². The maximum atomic E-state index is 12.3. The van der Waals surface area contributed by atoms with Gasteiger partial charge in [0, 0.05) is 5.38 Å². The lowest BCUT2D eigenvalue weighted by atomic mass is 9.99. The summed E-state index contributed by atoms with van der Waals surface area (Å²) in [6.07, 6.45) is 5.15. The molecule has 2 amide bonds.